The molecule has 0 aliphatic rings. The zero-order valence-electron chi connectivity index (χ0n) is 6.53. The maximum Gasteiger partial charge on any atom is 0.160 e. The van der Waals surface area contributed by atoms with Gasteiger partial charge >= 0.3 is 0 Å². The summed E-state index contributed by atoms with van der Waals surface area (Å²) in [6.07, 6.45) is 1.51. The van der Waals surface area contributed by atoms with Gasteiger partial charge in [-0.1, -0.05) is 11.6 Å². The molecule has 0 aliphatic heterocycles. The predicted molar refractivity (Wildman–Crippen MR) is 49.3 cm³/mol. The van der Waals surface area contributed by atoms with Gasteiger partial charge in [0.05, 0.1) is 5.02 Å². The number of nitriles is 1. The first-order valence-electron chi connectivity index (χ1n) is 3.62. The summed E-state index contributed by atoms with van der Waals surface area (Å²) in [7, 11) is 0. The Morgan fingerprint density at radius 3 is 3.00 bits per heavy atom. The summed E-state index contributed by atoms with van der Waals surface area (Å²) in [6.45, 7) is 0. The van der Waals surface area contributed by atoms with Crippen LogP contribution in [0.3, 0.4) is 0 Å². The maximum atomic E-state index is 8.59. The van der Waals surface area contributed by atoms with Crippen molar-refractivity contribution >= 4 is 22.6 Å². The molecule has 4 heteroatoms. The van der Waals surface area contributed by atoms with Gasteiger partial charge in [-0.3, -0.25) is 0 Å². The Labute approximate surface area is 79.6 Å². The third-order valence-corrected chi connectivity index (χ3v) is 1.83. The van der Waals surface area contributed by atoms with E-state index in [0.29, 0.717) is 16.4 Å². The summed E-state index contributed by atoms with van der Waals surface area (Å²) >= 11 is 5.74. The molecule has 0 unspecified atom stereocenters. The van der Waals surface area contributed by atoms with Gasteiger partial charge in [0.2, 0.25) is 0 Å². The normalized spacial score (nSPS) is 9.85. The van der Waals surface area contributed by atoms with Gasteiger partial charge in [-0.15, -0.1) is 0 Å². The summed E-state index contributed by atoms with van der Waals surface area (Å²) in [5, 5.41) is 9.99. The van der Waals surface area contributed by atoms with Gasteiger partial charge < -0.3 is 0 Å². The monoisotopic (exact) mass is 189 g/mol. The van der Waals surface area contributed by atoms with Gasteiger partial charge in [0.1, 0.15) is 11.8 Å². The second-order valence-electron chi connectivity index (χ2n) is 2.51. The Morgan fingerprint density at radius 1 is 1.38 bits per heavy atom. The van der Waals surface area contributed by atoms with Crippen LogP contribution in [0.4, 0.5) is 0 Å². The number of pyridine rings is 2. The van der Waals surface area contributed by atoms with E-state index in [0.717, 1.165) is 5.39 Å². The van der Waals surface area contributed by atoms with Crippen LogP contribution in [0, 0.1) is 11.3 Å². The number of halogens is 1. The van der Waals surface area contributed by atoms with Crippen molar-refractivity contribution in [3.63, 3.8) is 0 Å². The van der Waals surface area contributed by atoms with E-state index in [-0.39, 0.29) is 0 Å². The van der Waals surface area contributed by atoms with Gasteiger partial charge in [0.25, 0.3) is 0 Å². The van der Waals surface area contributed by atoms with Gasteiger partial charge in [-0.25, -0.2) is 9.97 Å². The van der Waals surface area contributed by atoms with Crippen LogP contribution >= 0.6 is 11.6 Å². The molecule has 0 saturated heterocycles. The van der Waals surface area contributed by atoms with E-state index in [9.17, 15) is 0 Å². The molecule has 0 aliphatic carbocycles. The third kappa shape index (κ3) is 1.44. The van der Waals surface area contributed by atoms with E-state index in [2.05, 4.69) is 9.97 Å². The molecule has 62 valence electrons. The van der Waals surface area contributed by atoms with Gasteiger partial charge in [-0.2, -0.15) is 5.26 Å². The standard InChI is InChI=1S/C9H4ClN3/c10-7-3-6-1-2-8(4-11)13-9(6)12-5-7/h1-3,5H. The number of nitrogens with zero attached hydrogens (tertiary/aromatic N) is 3. The van der Waals surface area contributed by atoms with Crippen molar-refractivity contribution in [3.8, 4) is 6.07 Å². The van der Waals surface area contributed by atoms with Crippen LogP contribution in [0.1, 0.15) is 5.69 Å². The van der Waals surface area contributed by atoms with E-state index < -0.39 is 0 Å². The van der Waals surface area contributed by atoms with E-state index in [1.807, 2.05) is 6.07 Å². The highest BCUT2D eigenvalue weighted by Gasteiger charge is 1.98. The van der Waals surface area contributed by atoms with Gasteiger partial charge in [0.15, 0.2) is 5.65 Å². The smallest absolute Gasteiger partial charge is 0.160 e. The molecule has 3 nitrogen and oxygen atoms in total. The van der Waals surface area contributed by atoms with Crippen LogP contribution in [-0.2, 0) is 0 Å². The lowest BCUT2D eigenvalue weighted by Gasteiger charge is -1.95. The van der Waals surface area contributed by atoms with Crippen molar-refractivity contribution in [1.29, 1.82) is 5.26 Å². The Morgan fingerprint density at radius 2 is 2.23 bits per heavy atom. The SMILES string of the molecule is N#Cc1ccc2cc(Cl)cnc2n1. The van der Waals surface area contributed by atoms with Crippen molar-refractivity contribution < 1.29 is 0 Å². The van der Waals surface area contributed by atoms with Crippen LogP contribution in [0.25, 0.3) is 11.0 Å². The van der Waals surface area contributed by atoms with Crippen LogP contribution in [0.5, 0.6) is 0 Å². The highest BCUT2D eigenvalue weighted by atomic mass is 35.5. The molecular formula is C9H4ClN3. The summed E-state index contributed by atoms with van der Waals surface area (Å²) < 4.78 is 0. The Hall–Kier alpha value is -1.66. The average Bonchev–Trinajstić information content (AvgIpc) is 2.17. The Kier molecular flexibility index (Phi) is 1.84. The van der Waals surface area contributed by atoms with Gasteiger partial charge in [-0.05, 0) is 18.2 Å². The second-order valence-corrected chi connectivity index (χ2v) is 2.94. The first-order chi connectivity index (χ1) is 6.29. The molecule has 2 aromatic heterocycles. The molecule has 0 atom stereocenters. The number of rotatable bonds is 0. The number of hydrogen-bond donors (Lipinski definition) is 0. The maximum absolute atomic E-state index is 8.59. The predicted octanol–water partition coefficient (Wildman–Crippen LogP) is 2.15. The minimum atomic E-state index is 0.363. The fraction of sp³-hybridized carbons (Fsp3) is 0. The highest BCUT2D eigenvalue weighted by Crippen LogP contribution is 2.14. The fourth-order valence-corrected chi connectivity index (χ4v) is 1.21. The lowest BCUT2D eigenvalue weighted by Crippen LogP contribution is -1.86. The van der Waals surface area contributed by atoms with Crippen LogP contribution in [0.2, 0.25) is 5.02 Å². The van der Waals surface area contributed by atoms with Crippen molar-refractivity contribution in [3.05, 3.63) is 35.1 Å². The Bertz CT molecular complexity index is 502. The first kappa shape index (κ1) is 7.96. The summed E-state index contributed by atoms with van der Waals surface area (Å²) in [5.74, 6) is 0. The minimum absolute atomic E-state index is 0.363. The molecular weight excluding hydrogens is 186 g/mol. The zero-order valence-corrected chi connectivity index (χ0v) is 7.28. The molecule has 0 amide bonds. The summed E-state index contributed by atoms with van der Waals surface area (Å²) in [5.41, 5.74) is 0.908. The van der Waals surface area contributed by atoms with E-state index in [1.54, 1.807) is 18.2 Å². The topological polar surface area (TPSA) is 49.6 Å². The molecule has 13 heavy (non-hydrogen) atoms. The van der Waals surface area contributed by atoms with Crippen LogP contribution in [0.15, 0.2) is 24.4 Å². The molecule has 0 bridgehead atoms. The van der Waals surface area contributed by atoms with Crippen molar-refractivity contribution in [2.45, 2.75) is 0 Å². The van der Waals surface area contributed by atoms with Crippen LogP contribution in [-0.4, -0.2) is 9.97 Å². The zero-order chi connectivity index (χ0) is 9.26. The van der Waals surface area contributed by atoms with Crippen molar-refractivity contribution in [2.24, 2.45) is 0 Å². The summed E-state index contributed by atoms with van der Waals surface area (Å²) in [6, 6.07) is 7.13. The largest absolute Gasteiger partial charge is 0.235 e. The third-order valence-electron chi connectivity index (χ3n) is 1.62. The molecule has 0 fully saturated rings. The second kappa shape index (κ2) is 3.00. The van der Waals surface area contributed by atoms with Crippen molar-refractivity contribution in [2.75, 3.05) is 0 Å². The number of hydrogen-bond acceptors (Lipinski definition) is 3. The quantitative estimate of drug-likeness (QED) is 0.638. The molecule has 2 heterocycles. The molecule has 0 aromatic carbocycles. The fourth-order valence-electron chi connectivity index (χ4n) is 1.05. The lowest BCUT2D eigenvalue weighted by atomic mass is 10.2. The molecule has 0 spiro atoms. The molecule has 0 N–H and O–H groups in total. The number of aromatic nitrogens is 2. The lowest BCUT2D eigenvalue weighted by molar-refractivity contribution is 1.25. The average molecular weight is 190 g/mol. The molecule has 0 radical (unpaired) electrons. The Balaban J connectivity index is 2.75. The first-order valence-corrected chi connectivity index (χ1v) is 4.00. The molecule has 0 saturated carbocycles. The van der Waals surface area contributed by atoms with E-state index >= 15 is 0 Å². The molecule has 2 aromatic rings. The summed E-state index contributed by atoms with van der Waals surface area (Å²) in [4.78, 5) is 8.00. The molecule has 2 rings (SSSR count). The highest BCUT2D eigenvalue weighted by molar-refractivity contribution is 6.31. The minimum Gasteiger partial charge on any atom is -0.235 e. The van der Waals surface area contributed by atoms with E-state index in [4.69, 9.17) is 16.9 Å². The van der Waals surface area contributed by atoms with E-state index in [1.165, 1.54) is 6.20 Å². The number of fused-ring (bicyclic) bond motifs is 1. The van der Waals surface area contributed by atoms with Gasteiger partial charge in [0, 0.05) is 11.6 Å². The van der Waals surface area contributed by atoms with Crippen LogP contribution < -0.4 is 0 Å². The van der Waals surface area contributed by atoms with Crippen molar-refractivity contribution in [1.82, 2.24) is 9.97 Å².